The molecule has 0 saturated heterocycles. The Morgan fingerprint density at radius 3 is 1.48 bits per heavy atom. The SMILES string of the molecule is O=C(CN1C(=O)c2ccc(C(=O)O[C@@H](C(=O)c3ccc(Cl)cc3)c3ccccc3)cc2C1=O)O[C@@H](C(=O)c1ccc(Cl)cc1)c1ccccc1. The van der Waals surface area contributed by atoms with Crippen LogP contribution < -0.4 is 0 Å². The largest absolute Gasteiger partial charge is 0.448 e. The maximum absolute atomic E-state index is 13.5. The van der Waals surface area contributed by atoms with Crippen molar-refractivity contribution in [2.45, 2.75) is 12.2 Å². The third-order valence-electron chi connectivity index (χ3n) is 7.91. The average molecular weight is 707 g/mol. The quantitative estimate of drug-likeness (QED) is 0.0785. The number of rotatable bonds is 11. The highest BCUT2D eigenvalue weighted by Gasteiger charge is 2.39. The van der Waals surface area contributed by atoms with Gasteiger partial charge in [0.05, 0.1) is 16.7 Å². The number of imide groups is 1. The summed E-state index contributed by atoms with van der Waals surface area (Å²) in [4.78, 5) is 80.8. The van der Waals surface area contributed by atoms with Crippen LogP contribution in [0.5, 0.6) is 0 Å². The van der Waals surface area contributed by atoms with Crippen molar-refractivity contribution in [1.29, 1.82) is 0 Å². The van der Waals surface area contributed by atoms with E-state index in [0.717, 1.165) is 0 Å². The van der Waals surface area contributed by atoms with Crippen LogP contribution in [0, 0.1) is 0 Å². The first-order valence-electron chi connectivity index (χ1n) is 15.2. The summed E-state index contributed by atoms with van der Waals surface area (Å²) in [5.41, 5.74) is 1.01. The summed E-state index contributed by atoms with van der Waals surface area (Å²) in [5.74, 6) is -4.61. The number of hydrogen-bond acceptors (Lipinski definition) is 8. The standard InChI is InChI=1S/C39H25Cl2NO8/c40-28-16-11-23(12-17-28)33(44)35(25-7-3-1-4-8-25)49-32(43)22-42-37(46)30-20-15-27(21-31(30)38(42)47)39(48)50-36(26-9-5-2-6-10-26)34(45)24-13-18-29(41)19-14-24/h1-21,35-36H,22H2/t35-,36-/m1/s1. The molecule has 2 amide bonds. The Balaban J connectivity index is 1.19. The molecule has 6 rings (SSSR count). The van der Waals surface area contributed by atoms with E-state index >= 15 is 0 Å². The van der Waals surface area contributed by atoms with Gasteiger partial charge in [-0.05, 0) is 66.7 Å². The normalized spacial score (nSPS) is 13.3. The number of benzene rings is 5. The van der Waals surface area contributed by atoms with Crippen molar-refractivity contribution in [3.63, 3.8) is 0 Å². The number of fused-ring (bicyclic) bond motifs is 1. The van der Waals surface area contributed by atoms with Crippen molar-refractivity contribution in [3.8, 4) is 0 Å². The number of ether oxygens (including phenoxy) is 2. The first kappa shape index (κ1) is 34.0. The van der Waals surface area contributed by atoms with Crippen LogP contribution in [0.15, 0.2) is 127 Å². The minimum Gasteiger partial charge on any atom is -0.448 e. The number of esters is 2. The second kappa shape index (κ2) is 14.7. The molecule has 0 aromatic heterocycles. The molecule has 1 aliphatic rings. The van der Waals surface area contributed by atoms with E-state index in [4.69, 9.17) is 32.7 Å². The van der Waals surface area contributed by atoms with Crippen LogP contribution in [0.2, 0.25) is 10.0 Å². The fourth-order valence-corrected chi connectivity index (χ4v) is 5.62. The summed E-state index contributed by atoms with van der Waals surface area (Å²) in [6.45, 7) is -0.797. The molecule has 9 nitrogen and oxygen atoms in total. The molecule has 11 heteroatoms. The zero-order chi connectivity index (χ0) is 35.4. The Morgan fingerprint density at radius 1 is 0.540 bits per heavy atom. The molecule has 0 radical (unpaired) electrons. The zero-order valence-corrected chi connectivity index (χ0v) is 27.5. The second-order valence-corrected chi connectivity index (χ2v) is 12.0. The van der Waals surface area contributed by atoms with E-state index in [1.54, 1.807) is 72.8 Å². The van der Waals surface area contributed by atoms with E-state index in [1.807, 2.05) is 0 Å². The van der Waals surface area contributed by atoms with Crippen molar-refractivity contribution >= 4 is 58.5 Å². The van der Waals surface area contributed by atoms with E-state index < -0.39 is 54.1 Å². The van der Waals surface area contributed by atoms with Crippen LogP contribution in [0.3, 0.4) is 0 Å². The molecule has 2 atom stereocenters. The van der Waals surface area contributed by atoms with Gasteiger partial charge >= 0.3 is 11.9 Å². The summed E-state index contributed by atoms with van der Waals surface area (Å²) < 4.78 is 11.3. The maximum Gasteiger partial charge on any atom is 0.339 e. The molecule has 0 unspecified atom stereocenters. The summed E-state index contributed by atoms with van der Waals surface area (Å²) in [5, 5.41) is 0.844. The summed E-state index contributed by atoms with van der Waals surface area (Å²) in [6, 6.07) is 32.6. The monoisotopic (exact) mass is 705 g/mol. The van der Waals surface area contributed by atoms with Crippen LogP contribution in [0.1, 0.15) is 75.1 Å². The van der Waals surface area contributed by atoms with E-state index in [1.165, 1.54) is 54.6 Å². The Kier molecular flexibility index (Phi) is 9.99. The van der Waals surface area contributed by atoms with Crippen molar-refractivity contribution in [3.05, 3.63) is 176 Å². The molecular weight excluding hydrogens is 681 g/mol. The average Bonchev–Trinajstić information content (AvgIpc) is 3.37. The Morgan fingerprint density at radius 2 is 0.980 bits per heavy atom. The van der Waals surface area contributed by atoms with Crippen LogP contribution in [0.4, 0.5) is 0 Å². The molecule has 5 aromatic carbocycles. The van der Waals surface area contributed by atoms with Gasteiger partial charge in [-0.2, -0.15) is 0 Å². The van der Waals surface area contributed by atoms with E-state index in [2.05, 4.69) is 0 Å². The van der Waals surface area contributed by atoms with E-state index in [0.29, 0.717) is 26.1 Å². The minimum absolute atomic E-state index is 0.0481. The first-order valence-corrected chi connectivity index (χ1v) is 16.0. The van der Waals surface area contributed by atoms with Gasteiger partial charge in [-0.15, -0.1) is 0 Å². The van der Waals surface area contributed by atoms with Gasteiger partial charge in [-0.25, -0.2) is 4.79 Å². The highest BCUT2D eigenvalue weighted by atomic mass is 35.5. The molecule has 0 spiro atoms. The fourth-order valence-electron chi connectivity index (χ4n) is 5.37. The van der Waals surface area contributed by atoms with Gasteiger partial charge in [0.25, 0.3) is 11.8 Å². The molecule has 248 valence electrons. The van der Waals surface area contributed by atoms with Crippen LogP contribution in [-0.4, -0.2) is 46.8 Å². The molecule has 50 heavy (non-hydrogen) atoms. The molecule has 0 bridgehead atoms. The smallest absolute Gasteiger partial charge is 0.339 e. The van der Waals surface area contributed by atoms with Gasteiger partial charge < -0.3 is 9.47 Å². The van der Waals surface area contributed by atoms with Crippen molar-refractivity contribution < 1.29 is 38.2 Å². The molecule has 5 aromatic rings. The summed E-state index contributed by atoms with van der Waals surface area (Å²) >= 11 is 11.9. The highest BCUT2D eigenvalue weighted by Crippen LogP contribution is 2.29. The number of carbonyl (C=O) groups excluding carboxylic acids is 6. The molecule has 0 fully saturated rings. The Bertz CT molecular complexity index is 2120. The van der Waals surface area contributed by atoms with Crippen LogP contribution in [-0.2, 0) is 14.3 Å². The van der Waals surface area contributed by atoms with Gasteiger partial charge in [0.1, 0.15) is 6.54 Å². The highest BCUT2D eigenvalue weighted by molar-refractivity contribution is 6.31. The third-order valence-corrected chi connectivity index (χ3v) is 8.41. The lowest BCUT2D eigenvalue weighted by atomic mass is 9.99. The van der Waals surface area contributed by atoms with E-state index in [9.17, 15) is 28.8 Å². The Labute approximate surface area is 296 Å². The van der Waals surface area contributed by atoms with Gasteiger partial charge in [0, 0.05) is 32.3 Å². The lowest BCUT2D eigenvalue weighted by Gasteiger charge is -2.19. The summed E-state index contributed by atoms with van der Waals surface area (Å²) in [6.07, 6.45) is -2.69. The van der Waals surface area contributed by atoms with Gasteiger partial charge in [-0.1, -0.05) is 83.9 Å². The predicted molar refractivity (Wildman–Crippen MR) is 183 cm³/mol. The topological polar surface area (TPSA) is 124 Å². The molecule has 0 saturated carbocycles. The maximum atomic E-state index is 13.5. The van der Waals surface area contributed by atoms with Crippen molar-refractivity contribution in [1.82, 2.24) is 4.90 Å². The number of hydrogen-bond donors (Lipinski definition) is 0. The lowest BCUT2D eigenvalue weighted by Crippen LogP contribution is -2.36. The Hall–Kier alpha value is -5.90. The van der Waals surface area contributed by atoms with Crippen LogP contribution in [0.25, 0.3) is 0 Å². The van der Waals surface area contributed by atoms with Gasteiger partial charge in [-0.3, -0.25) is 28.9 Å². The predicted octanol–water partition coefficient (Wildman–Crippen LogP) is 7.54. The van der Waals surface area contributed by atoms with E-state index in [-0.39, 0.29) is 27.8 Å². The lowest BCUT2D eigenvalue weighted by molar-refractivity contribution is -0.147. The number of amides is 2. The molecule has 1 heterocycles. The second-order valence-electron chi connectivity index (χ2n) is 11.2. The number of halogens is 2. The molecule has 0 N–H and O–H groups in total. The molecule has 0 aliphatic carbocycles. The zero-order valence-electron chi connectivity index (χ0n) is 26.0. The van der Waals surface area contributed by atoms with Gasteiger partial charge in [0.2, 0.25) is 11.6 Å². The molecule has 1 aliphatic heterocycles. The minimum atomic E-state index is -1.37. The number of ketones is 2. The van der Waals surface area contributed by atoms with Crippen molar-refractivity contribution in [2.75, 3.05) is 6.54 Å². The molecular formula is C39H25Cl2NO8. The first-order chi connectivity index (χ1) is 24.1. The third kappa shape index (κ3) is 7.24. The number of Topliss-reactive ketones (excluding diaryl/α,β-unsaturated/α-hetero) is 2. The fraction of sp³-hybridized carbons (Fsp3) is 0.0769. The van der Waals surface area contributed by atoms with Crippen LogP contribution >= 0.6 is 23.2 Å². The summed E-state index contributed by atoms with van der Waals surface area (Å²) in [7, 11) is 0. The van der Waals surface area contributed by atoms with Crippen molar-refractivity contribution in [2.24, 2.45) is 0 Å². The van der Waals surface area contributed by atoms with Gasteiger partial charge in [0.15, 0.2) is 12.2 Å². The number of nitrogens with zero attached hydrogens (tertiary/aromatic N) is 1. The number of carbonyl (C=O) groups is 6.